The Morgan fingerprint density at radius 2 is 1.60 bits per heavy atom. The quantitative estimate of drug-likeness (QED) is 0.547. The predicted octanol–water partition coefficient (Wildman–Crippen LogP) is 5.09. The highest BCUT2D eigenvalue weighted by molar-refractivity contribution is 5.80. The highest BCUT2D eigenvalue weighted by atomic mass is 19.4. The smallest absolute Gasteiger partial charge is 0.458 e. The lowest BCUT2D eigenvalue weighted by atomic mass is 10.0. The predicted molar refractivity (Wildman–Crippen MR) is 74.8 cm³/mol. The van der Waals surface area contributed by atoms with Crippen LogP contribution in [0.5, 0.6) is 17.2 Å². The highest BCUT2D eigenvalue weighted by Crippen LogP contribution is 2.45. The van der Waals surface area contributed by atoms with E-state index in [9.17, 15) is 31.1 Å². The average Bonchev–Trinajstić information content (AvgIpc) is 2.55. The van der Waals surface area contributed by atoms with Crippen LogP contribution in [0.25, 0.3) is 0 Å². The maximum absolute atomic E-state index is 13.5. The first-order chi connectivity index (χ1) is 11.6. The molecule has 0 atom stereocenters. The van der Waals surface area contributed by atoms with E-state index in [0.29, 0.717) is 12.1 Å². The number of aldehydes is 1. The number of hydrogen-bond acceptors (Lipinski definition) is 3. The summed E-state index contributed by atoms with van der Waals surface area (Å²) in [5.74, 6) is -6.68. The molecule has 9 heteroatoms. The van der Waals surface area contributed by atoms with Gasteiger partial charge in [-0.1, -0.05) is 6.07 Å². The number of halogens is 6. The lowest BCUT2D eigenvalue weighted by Crippen LogP contribution is -2.33. The third-order valence-corrected chi connectivity index (χ3v) is 3.20. The van der Waals surface area contributed by atoms with Crippen molar-refractivity contribution in [2.75, 3.05) is 7.11 Å². The second kappa shape index (κ2) is 6.66. The van der Waals surface area contributed by atoms with Crippen LogP contribution in [0.3, 0.4) is 0 Å². The van der Waals surface area contributed by atoms with Gasteiger partial charge in [0.15, 0.2) is 17.8 Å². The van der Waals surface area contributed by atoms with E-state index in [2.05, 4.69) is 0 Å². The first kappa shape index (κ1) is 18.6. The minimum atomic E-state index is -5.82. The Morgan fingerprint density at radius 1 is 0.920 bits per heavy atom. The van der Waals surface area contributed by atoms with E-state index in [1.807, 2.05) is 0 Å². The highest BCUT2D eigenvalue weighted by Gasteiger charge is 2.58. The molecule has 2 aromatic rings. The molecule has 3 nitrogen and oxygen atoms in total. The number of carbonyl (C=O) groups excluding carboxylic acids is 1. The van der Waals surface area contributed by atoms with Crippen molar-refractivity contribution in [3.63, 3.8) is 0 Å². The summed E-state index contributed by atoms with van der Waals surface area (Å²) in [6.07, 6.45) is -5.60. The molecule has 0 bridgehead atoms. The zero-order valence-corrected chi connectivity index (χ0v) is 12.5. The molecule has 2 rings (SSSR count). The third-order valence-electron chi connectivity index (χ3n) is 3.20. The van der Waals surface area contributed by atoms with Crippen LogP contribution in [0, 0.1) is 5.82 Å². The van der Waals surface area contributed by atoms with Gasteiger partial charge in [-0.15, -0.1) is 0 Å². The van der Waals surface area contributed by atoms with Crippen molar-refractivity contribution in [1.29, 1.82) is 0 Å². The largest absolute Gasteiger partial charge is 0.493 e. The summed E-state index contributed by atoms with van der Waals surface area (Å²) < 4.78 is 87.6. The molecule has 0 saturated heterocycles. The van der Waals surface area contributed by atoms with E-state index in [0.717, 1.165) is 24.3 Å². The molecule has 0 aliphatic heterocycles. The number of alkyl halides is 5. The summed E-state index contributed by atoms with van der Waals surface area (Å²) in [6, 6.07) is 4.62. The van der Waals surface area contributed by atoms with Gasteiger partial charge in [-0.25, -0.2) is 4.39 Å². The minimum absolute atomic E-state index is 0.134. The van der Waals surface area contributed by atoms with Crippen LogP contribution in [0.15, 0.2) is 36.4 Å². The maximum Gasteiger partial charge on any atom is 0.458 e. The molecule has 2 aromatic carbocycles. The molecule has 0 N–H and O–H groups in total. The SMILES string of the molecule is COc1cc(F)ccc1Oc1cc(C(F)(F)C(F)(F)F)ccc1C=O. The molecule has 0 aromatic heterocycles. The monoisotopic (exact) mass is 364 g/mol. The summed E-state index contributed by atoms with van der Waals surface area (Å²) in [4.78, 5) is 11.0. The molecule has 0 spiro atoms. The molecule has 0 amide bonds. The second-order valence-electron chi connectivity index (χ2n) is 4.84. The van der Waals surface area contributed by atoms with Crippen molar-refractivity contribution in [3.05, 3.63) is 53.3 Å². The van der Waals surface area contributed by atoms with Crippen LogP contribution in [0.1, 0.15) is 15.9 Å². The van der Waals surface area contributed by atoms with E-state index in [1.54, 1.807) is 0 Å². The van der Waals surface area contributed by atoms with Crippen LogP contribution in [-0.4, -0.2) is 19.6 Å². The maximum atomic E-state index is 13.5. The molecule has 0 saturated carbocycles. The molecule has 25 heavy (non-hydrogen) atoms. The number of benzene rings is 2. The van der Waals surface area contributed by atoms with Crippen molar-refractivity contribution < 1.29 is 40.6 Å². The molecule has 0 heterocycles. The first-order valence-electron chi connectivity index (χ1n) is 6.65. The Kier molecular flexibility index (Phi) is 4.96. The van der Waals surface area contributed by atoms with E-state index >= 15 is 0 Å². The molecule has 0 radical (unpaired) electrons. The van der Waals surface area contributed by atoms with Gasteiger partial charge in [-0.2, -0.15) is 22.0 Å². The number of methoxy groups -OCH3 is 1. The third kappa shape index (κ3) is 3.70. The van der Waals surface area contributed by atoms with E-state index in [-0.39, 0.29) is 23.3 Å². The van der Waals surface area contributed by atoms with Gasteiger partial charge < -0.3 is 9.47 Å². The fraction of sp³-hybridized carbons (Fsp3) is 0.188. The van der Waals surface area contributed by atoms with E-state index in [4.69, 9.17) is 9.47 Å². The van der Waals surface area contributed by atoms with Crippen LogP contribution in [0.4, 0.5) is 26.3 Å². The van der Waals surface area contributed by atoms with Crippen molar-refractivity contribution >= 4 is 6.29 Å². The van der Waals surface area contributed by atoms with Gasteiger partial charge in [-0.3, -0.25) is 4.79 Å². The Labute approximate surface area is 137 Å². The normalized spacial score (nSPS) is 12.0. The summed E-state index contributed by atoms with van der Waals surface area (Å²) in [7, 11) is 1.18. The Bertz CT molecular complexity index is 786. The number of hydrogen-bond donors (Lipinski definition) is 0. The van der Waals surface area contributed by atoms with Crippen molar-refractivity contribution in [2.45, 2.75) is 12.1 Å². The number of carbonyl (C=O) groups is 1. The summed E-state index contributed by atoms with van der Waals surface area (Å²) in [5.41, 5.74) is -1.67. The van der Waals surface area contributed by atoms with Crippen molar-refractivity contribution in [3.8, 4) is 17.2 Å². The molecular weight excluding hydrogens is 354 g/mol. The average molecular weight is 364 g/mol. The topological polar surface area (TPSA) is 35.5 Å². The Balaban J connectivity index is 2.51. The Hall–Kier alpha value is -2.71. The van der Waals surface area contributed by atoms with Crippen molar-refractivity contribution in [1.82, 2.24) is 0 Å². The lowest BCUT2D eigenvalue weighted by molar-refractivity contribution is -0.289. The van der Waals surface area contributed by atoms with Gasteiger partial charge in [-0.05, 0) is 24.3 Å². The minimum Gasteiger partial charge on any atom is -0.493 e. The van der Waals surface area contributed by atoms with Gasteiger partial charge in [0.05, 0.1) is 12.7 Å². The summed E-state index contributed by atoms with van der Waals surface area (Å²) >= 11 is 0. The molecular formula is C16H10F6O3. The van der Waals surface area contributed by atoms with Gasteiger partial charge >= 0.3 is 12.1 Å². The number of ether oxygens (including phenoxy) is 2. The van der Waals surface area contributed by atoms with Crippen LogP contribution in [0.2, 0.25) is 0 Å². The zero-order valence-electron chi connectivity index (χ0n) is 12.5. The van der Waals surface area contributed by atoms with Crippen molar-refractivity contribution in [2.24, 2.45) is 0 Å². The van der Waals surface area contributed by atoms with Crippen LogP contribution < -0.4 is 9.47 Å². The number of rotatable bonds is 5. The van der Waals surface area contributed by atoms with Gasteiger partial charge in [0, 0.05) is 11.6 Å². The van der Waals surface area contributed by atoms with E-state index in [1.165, 1.54) is 7.11 Å². The summed E-state index contributed by atoms with van der Waals surface area (Å²) in [5, 5.41) is 0. The standard InChI is InChI=1S/C16H10F6O3/c1-24-14-7-11(17)4-5-12(14)25-13-6-10(3-2-9(13)8-23)15(18,19)16(20,21)22/h2-8H,1H3. The molecule has 0 fully saturated rings. The molecule has 0 aliphatic rings. The lowest BCUT2D eigenvalue weighted by Gasteiger charge is -2.21. The van der Waals surface area contributed by atoms with Gasteiger partial charge in [0.1, 0.15) is 11.6 Å². The van der Waals surface area contributed by atoms with Crippen LogP contribution in [-0.2, 0) is 5.92 Å². The van der Waals surface area contributed by atoms with Gasteiger partial charge in [0.2, 0.25) is 0 Å². The van der Waals surface area contributed by atoms with Gasteiger partial charge in [0.25, 0.3) is 0 Å². The molecule has 0 unspecified atom stereocenters. The zero-order chi connectivity index (χ0) is 18.8. The van der Waals surface area contributed by atoms with Crippen LogP contribution >= 0.6 is 0 Å². The molecule has 134 valence electrons. The van der Waals surface area contributed by atoms with E-state index < -0.39 is 29.2 Å². The molecule has 0 aliphatic carbocycles. The second-order valence-corrected chi connectivity index (χ2v) is 4.84. The fourth-order valence-electron chi connectivity index (χ4n) is 1.92. The fourth-order valence-corrected chi connectivity index (χ4v) is 1.92. The first-order valence-corrected chi connectivity index (χ1v) is 6.65. The summed E-state index contributed by atoms with van der Waals surface area (Å²) in [6.45, 7) is 0. The Morgan fingerprint density at radius 3 is 2.16 bits per heavy atom.